The van der Waals surface area contributed by atoms with Crippen molar-refractivity contribution in [1.29, 1.82) is 0 Å². The zero-order valence-corrected chi connectivity index (χ0v) is 9.01. The summed E-state index contributed by atoms with van der Waals surface area (Å²) in [4.78, 5) is 10.9. The van der Waals surface area contributed by atoms with Crippen LogP contribution in [0.5, 0.6) is 0 Å². The highest BCUT2D eigenvalue weighted by Gasteiger charge is 2.31. The Kier molecular flexibility index (Phi) is 3.31. The standard InChI is InChI=1S/C9H15NO3S/c1-3-9(11)10-7-4-5-8(6-7)14(2,12)13/h3,7-8H,1,4-6H2,2H3,(H,10,11). The molecule has 0 heterocycles. The van der Waals surface area contributed by atoms with Crippen LogP contribution in [0, 0.1) is 0 Å². The first-order valence-electron chi connectivity index (χ1n) is 4.55. The minimum absolute atomic E-state index is 0.0137. The van der Waals surface area contributed by atoms with Crippen molar-refractivity contribution in [1.82, 2.24) is 5.32 Å². The summed E-state index contributed by atoms with van der Waals surface area (Å²) < 4.78 is 22.4. The molecule has 0 aliphatic heterocycles. The summed E-state index contributed by atoms with van der Waals surface area (Å²) in [6, 6.07) is -0.0137. The summed E-state index contributed by atoms with van der Waals surface area (Å²) in [5, 5.41) is 2.42. The molecule has 1 N–H and O–H groups in total. The van der Waals surface area contributed by atoms with Crippen LogP contribution in [0.3, 0.4) is 0 Å². The van der Waals surface area contributed by atoms with Gasteiger partial charge >= 0.3 is 0 Å². The Bertz CT molecular complexity index is 334. The van der Waals surface area contributed by atoms with E-state index in [1.807, 2.05) is 0 Å². The lowest BCUT2D eigenvalue weighted by Crippen LogP contribution is -2.32. The number of nitrogens with one attached hydrogen (secondary N) is 1. The van der Waals surface area contributed by atoms with Gasteiger partial charge in [-0.25, -0.2) is 8.42 Å². The molecule has 80 valence electrons. The first-order valence-corrected chi connectivity index (χ1v) is 6.50. The average Bonchev–Trinajstić information content (AvgIpc) is 2.51. The van der Waals surface area contributed by atoms with E-state index in [1.54, 1.807) is 0 Å². The molecule has 4 nitrogen and oxygen atoms in total. The molecule has 0 aromatic heterocycles. The molecule has 1 aliphatic carbocycles. The fraction of sp³-hybridized carbons (Fsp3) is 0.667. The largest absolute Gasteiger partial charge is 0.350 e. The summed E-state index contributed by atoms with van der Waals surface area (Å²) in [5.41, 5.74) is 0. The fourth-order valence-electron chi connectivity index (χ4n) is 1.72. The summed E-state index contributed by atoms with van der Waals surface area (Å²) in [7, 11) is -2.96. The second kappa shape index (κ2) is 4.13. The molecular formula is C9H15NO3S. The van der Waals surface area contributed by atoms with Gasteiger partial charge in [-0.15, -0.1) is 0 Å². The van der Waals surface area contributed by atoms with Crippen LogP contribution in [-0.4, -0.2) is 31.9 Å². The minimum atomic E-state index is -2.96. The first kappa shape index (κ1) is 11.2. The summed E-state index contributed by atoms with van der Waals surface area (Å²) in [6.45, 7) is 3.34. The van der Waals surface area contributed by atoms with Crippen molar-refractivity contribution in [3.63, 3.8) is 0 Å². The van der Waals surface area contributed by atoms with Crippen LogP contribution in [0.25, 0.3) is 0 Å². The van der Waals surface area contributed by atoms with Crippen molar-refractivity contribution in [3.05, 3.63) is 12.7 Å². The quantitative estimate of drug-likeness (QED) is 0.689. The second-order valence-electron chi connectivity index (χ2n) is 3.67. The average molecular weight is 217 g/mol. The predicted octanol–water partition coefficient (Wildman–Crippen LogP) is 0.254. The maximum Gasteiger partial charge on any atom is 0.243 e. The van der Waals surface area contributed by atoms with E-state index in [-0.39, 0.29) is 17.2 Å². The van der Waals surface area contributed by atoms with E-state index in [0.717, 1.165) is 6.42 Å². The molecule has 0 aromatic carbocycles. The van der Waals surface area contributed by atoms with Gasteiger partial charge in [-0.1, -0.05) is 6.58 Å². The lowest BCUT2D eigenvalue weighted by atomic mass is 10.2. The molecule has 0 saturated heterocycles. The summed E-state index contributed by atoms with van der Waals surface area (Å²) in [5.74, 6) is -0.232. The number of hydrogen-bond donors (Lipinski definition) is 1. The molecular weight excluding hydrogens is 202 g/mol. The molecule has 1 aliphatic rings. The van der Waals surface area contributed by atoms with Gasteiger partial charge in [-0.3, -0.25) is 4.79 Å². The number of sulfone groups is 1. The van der Waals surface area contributed by atoms with Gasteiger partial charge in [0.05, 0.1) is 5.25 Å². The third-order valence-corrected chi connectivity index (χ3v) is 4.16. The van der Waals surface area contributed by atoms with Crippen LogP contribution in [0.2, 0.25) is 0 Å². The van der Waals surface area contributed by atoms with Gasteiger partial charge in [0, 0.05) is 12.3 Å². The Morgan fingerprint density at radius 1 is 1.50 bits per heavy atom. The highest BCUT2D eigenvalue weighted by Crippen LogP contribution is 2.24. The number of carbonyl (C=O) groups is 1. The molecule has 2 atom stereocenters. The molecule has 0 bridgehead atoms. The number of rotatable bonds is 3. The maximum absolute atomic E-state index is 11.2. The van der Waals surface area contributed by atoms with Crippen molar-refractivity contribution in [3.8, 4) is 0 Å². The lowest BCUT2D eigenvalue weighted by Gasteiger charge is -2.10. The van der Waals surface area contributed by atoms with E-state index in [0.29, 0.717) is 12.8 Å². The van der Waals surface area contributed by atoms with E-state index in [9.17, 15) is 13.2 Å². The number of carbonyl (C=O) groups excluding carboxylic acids is 1. The maximum atomic E-state index is 11.2. The molecule has 1 rings (SSSR count). The van der Waals surface area contributed by atoms with Gasteiger partial charge in [0.1, 0.15) is 9.84 Å². The number of hydrogen-bond acceptors (Lipinski definition) is 3. The molecule has 1 saturated carbocycles. The molecule has 0 radical (unpaired) electrons. The van der Waals surface area contributed by atoms with Crippen LogP contribution in [-0.2, 0) is 14.6 Å². The normalized spacial score (nSPS) is 27.2. The van der Waals surface area contributed by atoms with Gasteiger partial charge in [0.15, 0.2) is 0 Å². The van der Waals surface area contributed by atoms with E-state index >= 15 is 0 Å². The Morgan fingerprint density at radius 2 is 2.14 bits per heavy atom. The first-order chi connectivity index (χ1) is 6.43. The highest BCUT2D eigenvalue weighted by atomic mass is 32.2. The van der Waals surface area contributed by atoms with Crippen LogP contribution in [0.1, 0.15) is 19.3 Å². The molecule has 0 spiro atoms. The van der Waals surface area contributed by atoms with Crippen LogP contribution in [0.4, 0.5) is 0 Å². The van der Waals surface area contributed by atoms with Gasteiger partial charge in [0.2, 0.25) is 5.91 Å². The predicted molar refractivity (Wildman–Crippen MR) is 54.6 cm³/mol. The highest BCUT2D eigenvalue weighted by molar-refractivity contribution is 7.91. The third kappa shape index (κ3) is 2.83. The Labute approximate surface area is 84.3 Å². The van der Waals surface area contributed by atoms with Gasteiger partial charge in [-0.05, 0) is 25.3 Å². The Hall–Kier alpha value is -0.840. The SMILES string of the molecule is C=CC(=O)NC1CCC(S(C)(=O)=O)C1. The topological polar surface area (TPSA) is 63.2 Å². The molecule has 14 heavy (non-hydrogen) atoms. The van der Waals surface area contributed by atoms with Crippen molar-refractivity contribution < 1.29 is 13.2 Å². The Balaban J connectivity index is 2.50. The molecule has 1 fully saturated rings. The number of amides is 1. The zero-order chi connectivity index (χ0) is 10.8. The van der Waals surface area contributed by atoms with Crippen molar-refractivity contribution in [2.24, 2.45) is 0 Å². The summed E-state index contributed by atoms with van der Waals surface area (Å²) >= 11 is 0. The molecule has 0 aromatic rings. The van der Waals surface area contributed by atoms with Crippen LogP contribution in [0.15, 0.2) is 12.7 Å². The van der Waals surface area contributed by atoms with Gasteiger partial charge in [-0.2, -0.15) is 0 Å². The van der Waals surface area contributed by atoms with E-state index < -0.39 is 9.84 Å². The summed E-state index contributed by atoms with van der Waals surface area (Å²) in [6.07, 6.45) is 4.35. The van der Waals surface area contributed by atoms with Crippen molar-refractivity contribution in [2.45, 2.75) is 30.6 Å². The van der Waals surface area contributed by atoms with Crippen molar-refractivity contribution >= 4 is 15.7 Å². The molecule has 1 amide bonds. The Morgan fingerprint density at radius 3 is 2.57 bits per heavy atom. The van der Waals surface area contributed by atoms with Gasteiger partial charge in [0.25, 0.3) is 0 Å². The minimum Gasteiger partial charge on any atom is -0.350 e. The lowest BCUT2D eigenvalue weighted by molar-refractivity contribution is -0.117. The fourth-order valence-corrected chi connectivity index (χ4v) is 2.87. The van der Waals surface area contributed by atoms with Crippen LogP contribution < -0.4 is 5.32 Å². The zero-order valence-electron chi connectivity index (χ0n) is 8.19. The van der Waals surface area contributed by atoms with E-state index in [4.69, 9.17) is 0 Å². The van der Waals surface area contributed by atoms with E-state index in [1.165, 1.54) is 12.3 Å². The van der Waals surface area contributed by atoms with Crippen molar-refractivity contribution in [2.75, 3.05) is 6.26 Å². The molecule has 2 unspecified atom stereocenters. The van der Waals surface area contributed by atoms with Gasteiger partial charge < -0.3 is 5.32 Å². The molecule has 5 heteroatoms. The smallest absolute Gasteiger partial charge is 0.243 e. The third-order valence-electron chi connectivity index (χ3n) is 2.52. The van der Waals surface area contributed by atoms with Crippen LogP contribution >= 0.6 is 0 Å². The second-order valence-corrected chi connectivity index (χ2v) is 6.00. The monoisotopic (exact) mass is 217 g/mol. The van der Waals surface area contributed by atoms with E-state index in [2.05, 4.69) is 11.9 Å².